The van der Waals surface area contributed by atoms with Crippen molar-refractivity contribution in [3.8, 4) is 11.3 Å². The van der Waals surface area contributed by atoms with E-state index in [1.54, 1.807) is 10.7 Å². The zero-order chi connectivity index (χ0) is 25.1. The van der Waals surface area contributed by atoms with Gasteiger partial charge < -0.3 is 16.0 Å². The molecule has 3 N–H and O–H groups in total. The fourth-order valence-electron chi connectivity index (χ4n) is 3.82. The summed E-state index contributed by atoms with van der Waals surface area (Å²) < 4.78 is 2.52. The second-order valence-electron chi connectivity index (χ2n) is 8.18. The number of para-hydroxylation sites is 1. The van der Waals surface area contributed by atoms with E-state index in [2.05, 4.69) is 37.0 Å². The highest BCUT2D eigenvalue weighted by molar-refractivity contribution is 9.10. The monoisotopic (exact) mass is 560 g/mol. The van der Waals surface area contributed by atoms with Gasteiger partial charge in [-0.05, 0) is 58.2 Å². The van der Waals surface area contributed by atoms with Gasteiger partial charge in [-0.1, -0.05) is 60.1 Å². The zero-order valence-corrected chi connectivity index (χ0v) is 21.6. The van der Waals surface area contributed by atoms with Gasteiger partial charge in [0, 0.05) is 34.6 Å². The van der Waals surface area contributed by atoms with E-state index in [-0.39, 0.29) is 6.03 Å². The molecule has 5 aromatic rings. The maximum absolute atomic E-state index is 12.5. The molecule has 0 unspecified atom stereocenters. The van der Waals surface area contributed by atoms with Gasteiger partial charge in [0.1, 0.15) is 5.82 Å². The number of carbonyl (C=O) groups excluding carboxylic acids is 1. The van der Waals surface area contributed by atoms with Crippen molar-refractivity contribution in [3.63, 3.8) is 0 Å². The Morgan fingerprint density at radius 3 is 2.64 bits per heavy atom. The molecule has 0 saturated heterocycles. The minimum absolute atomic E-state index is 0.295. The van der Waals surface area contributed by atoms with Gasteiger partial charge in [0.05, 0.1) is 16.4 Å². The average molecular weight is 562 g/mol. The number of nitrogens with zero attached hydrogens (tertiary/aromatic N) is 3. The van der Waals surface area contributed by atoms with E-state index in [1.807, 2.05) is 85.8 Å². The summed E-state index contributed by atoms with van der Waals surface area (Å²) >= 11 is 9.96. The minimum atomic E-state index is -0.295. The summed E-state index contributed by atoms with van der Waals surface area (Å²) in [5, 5.41) is 14.3. The molecule has 0 aliphatic rings. The Labute approximate surface area is 221 Å². The molecule has 180 valence electrons. The predicted octanol–water partition coefficient (Wildman–Crippen LogP) is 7.38. The Balaban J connectivity index is 1.34. The van der Waals surface area contributed by atoms with Crippen molar-refractivity contribution in [2.45, 2.75) is 13.5 Å². The summed E-state index contributed by atoms with van der Waals surface area (Å²) in [5.74, 6) is 0.760. The molecule has 0 spiro atoms. The Morgan fingerprint density at radius 2 is 1.81 bits per heavy atom. The highest BCUT2D eigenvalue weighted by atomic mass is 79.9. The summed E-state index contributed by atoms with van der Waals surface area (Å²) in [6.45, 7) is 2.46. The number of fused-ring (bicyclic) bond motifs is 1. The van der Waals surface area contributed by atoms with Gasteiger partial charge in [0.25, 0.3) is 0 Å². The van der Waals surface area contributed by atoms with Gasteiger partial charge in [-0.15, -0.1) is 0 Å². The van der Waals surface area contributed by atoms with Crippen LogP contribution in [0.15, 0.2) is 89.5 Å². The lowest BCUT2D eigenvalue weighted by Gasteiger charge is -2.13. The molecule has 3 aromatic carbocycles. The molecule has 2 aromatic heterocycles. The molecular formula is C27H22BrClN6O. The van der Waals surface area contributed by atoms with Crippen LogP contribution in [0.2, 0.25) is 5.02 Å². The second-order valence-corrected chi connectivity index (χ2v) is 9.44. The molecule has 9 heteroatoms. The molecular weight excluding hydrogens is 540 g/mol. The number of hydrogen-bond donors (Lipinski definition) is 3. The number of hydrogen-bond acceptors (Lipinski definition) is 4. The van der Waals surface area contributed by atoms with Crippen molar-refractivity contribution in [3.05, 3.63) is 106 Å². The smallest absolute Gasteiger partial charge is 0.323 e. The first-order chi connectivity index (χ1) is 17.5. The number of benzene rings is 3. The summed E-state index contributed by atoms with van der Waals surface area (Å²) in [6.07, 6.45) is 1.71. The third-order valence-corrected chi connectivity index (χ3v) is 6.52. The van der Waals surface area contributed by atoms with Crippen LogP contribution in [0.1, 0.15) is 11.1 Å². The molecule has 0 aliphatic carbocycles. The van der Waals surface area contributed by atoms with Crippen molar-refractivity contribution in [1.29, 1.82) is 0 Å². The first-order valence-corrected chi connectivity index (χ1v) is 12.4. The van der Waals surface area contributed by atoms with Crippen molar-refractivity contribution >= 4 is 56.4 Å². The Kier molecular flexibility index (Phi) is 6.88. The molecule has 2 heterocycles. The molecule has 0 aliphatic heterocycles. The SMILES string of the molecule is Cc1ccccc1NC(=O)Nc1cccc(CNc2cc(-c3ccccc3Cl)nc3c(Br)cnn23)c1. The number of anilines is 3. The lowest BCUT2D eigenvalue weighted by molar-refractivity contribution is 0.262. The maximum Gasteiger partial charge on any atom is 0.323 e. The first-order valence-electron chi connectivity index (χ1n) is 11.2. The molecule has 0 bridgehead atoms. The number of halogens is 2. The second kappa shape index (κ2) is 10.4. The number of aromatic nitrogens is 3. The highest BCUT2D eigenvalue weighted by Crippen LogP contribution is 2.30. The lowest BCUT2D eigenvalue weighted by atomic mass is 10.1. The van der Waals surface area contributed by atoms with Crippen LogP contribution in [-0.2, 0) is 6.54 Å². The van der Waals surface area contributed by atoms with Crippen LogP contribution in [-0.4, -0.2) is 20.6 Å². The average Bonchev–Trinajstić information content (AvgIpc) is 3.25. The van der Waals surface area contributed by atoms with Gasteiger partial charge in [-0.3, -0.25) is 0 Å². The molecule has 7 nitrogen and oxygen atoms in total. The zero-order valence-electron chi connectivity index (χ0n) is 19.3. The van der Waals surface area contributed by atoms with Crippen molar-refractivity contribution in [1.82, 2.24) is 14.6 Å². The van der Waals surface area contributed by atoms with Crippen LogP contribution in [0.25, 0.3) is 16.9 Å². The number of urea groups is 1. The van der Waals surface area contributed by atoms with Gasteiger partial charge in [-0.25, -0.2) is 9.78 Å². The Bertz CT molecular complexity index is 1570. The summed E-state index contributed by atoms with van der Waals surface area (Å²) in [6, 6.07) is 24.5. The third kappa shape index (κ3) is 5.19. The van der Waals surface area contributed by atoms with E-state index in [1.165, 1.54) is 0 Å². The van der Waals surface area contributed by atoms with Crippen molar-refractivity contribution in [2.75, 3.05) is 16.0 Å². The van der Waals surface area contributed by atoms with Gasteiger partial charge in [-0.2, -0.15) is 9.61 Å². The van der Waals surface area contributed by atoms with E-state index in [9.17, 15) is 4.79 Å². The fourth-order valence-corrected chi connectivity index (χ4v) is 4.40. The highest BCUT2D eigenvalue weighted by Gasteiger charge is 2.13. The predicted molar refractivity (Wildman–Crippen MR) is 149 cm³/mol. The molecule has 2 amide bonds. The van der Waals surface area contributed by atoms with Gasteiger partial charge >= 0.3 is 6.03 Å². The molecule has 0 radical (unpaired) electrons. The molecule has 0 fully saturated rings. The number of amides is 2. The van der Waals surface area contributed by atoms with E-state index in [4.69, 9.17) is 16.6 Å². The largest absolute Gasteiger partial charge is 0.366 e. The number of aryl methyl sites for hydroxylation is 1. The quantitative estimate of drug-likeness (QED) is 0.202. The molecule has 0 atom stereocenters. The molecule has 5 rings (SSSR count). The number of carbonyl (C=O) groups is 1. The van der Waals surface area contributed by atoms with Crippen LogP contribution in [0, 0.1) is 6.92 Å². The molecule has 0 saturated carbocycles. The van der Waals surface area contributed by atoms with E-state index >= 15 is 0 Å². The van der Waals surface area contributed by atoms with Gasteiger partial charge in [0.2, 0.25) is 0 Å². The topological polar surface area (TPSA) is 83.4 Å². The van der Waals surface area contributed by atoms with Crippen molar-refractivity contribution in [2.24, 2.45) is 0 Å². The first kappa shape index (κ1) is 23.8. The fraction of sp³-hybridized carbons (Fsp3) is 0.0741. The van der Waals surface area contributed by atoms with E-state index < -0.39 is 0 Å². The van der Waals surface area contributed by atoms with Crippen LogP contribution >= 0.6 is 27.5 Å². The summed E-state index contributed by atoms with van der Waals surface area (Å²) in [4.78, 5) is 17.2. The van der Waals surface area contributed by atoms with Gasteiger partial charge in [0.15, 0.2) is 5.65 Å². The minimum Gasteiger partial charge on any atom is -0.366 e. The maximum atomic E-state index is 12.5. The van der Waals surface area contributed by atoms with Crippen LogP contribution in [0.5, 0.6) is 0 Å². The van der Waals surface area contributed by atoms with E-state index in [0.29, 0.717) is 22.9 Å². The number of nitrogens with one attached hydrogen (secondary N) is 3. The Hall–Kier alpha value is -3.88. The van der Waals surface area contributed by atoms with Crippen LogP contribution in [0.4, 0.5) is 22.0 Å². The van der Waals surface area contributed by atoms with Crippen LogP contribution in [0.3, 0.4) is 0 Å². The van der Waals surface area contributed by atoms with Crippen molar-refractivity contribution < 1.29 is 4.79 Å². The van der Waals surface area contributed by atoms with Crippen LogP contribution < -0.4 is 16.0 Å². The third-order valence-electron chi connectivity index (χ3n) is 5.63. The lowest BCUT2D eigenvalue weighted by Crippen LogP contribution is -2.20. The normalized spacial score (nSPS) is 10.9. The summed E-state index contributed by atoms with van der Waals surface area (Å²) in [5.41, 5.74) is 5.70. The Morgan fingerprint density at radius 1 is 1.00 bits per heavy atom. The van der Waals surface area contributed by atoms with E-state index in [0.717, 1.165) is 38.4 Å². The number of rotatable bonds is 6. The molecule has 36 heavy (non-hydrogen) atoms. The standard InChI is InChI=1S/C27H22BrClN6O/c1-17-7-2-5-12-23(17)34-27(36)32-19-9-6-8-18(13-19)15-30-25-14-24(20-10-3-4-11-22(20)29)33-26-21(28)16-31-35(25)26/h2-14,16,30H,15H2,1H3,(H2,32,34,36). The summed E-state index contributed by atoms with van der Waals surface area (Å²) in [7, 11) is 0.